The van der Waals surface area contributed by atoms with Crippen LogP contribution in [-0.4, -0.2) is 64.0 Å². The lowest BCUT2D eigenvalue weighted by Gasteiger charge is -2.16. The van der Waals surface area contributed by atoms with Gasteiger partial charge in [0, 0.05) is 56.1 Å². The van der Waals surface area contributed by atoms with E-state index in [1.807, 2.05) is 41.3 Å². The topological polar surface area (TPSA) is 150 Å². The molecule has 1 fully saturated rings. The van der Waals surface area contributed by atoms with Crippen LogP contribution < -0.4 is 27.0 Å². The Bertz CT molecular complexity index is 1220. The molecule has 1 atom stereocenters. The van der Waals surface area contributed by atoms with Crippen molar-refractivity contribution >= 4 is 51.0 Å². The Balaban J connectivity index is 1.22. The van der Waals surface area contributed by atoms with Crippen LogP contribution in [0.3, 0.4) is 0 Å². The molecular formula is C26H32BrN9O2. The third-order valence-corrected chi connectivity index (χ3v) is 6.55. The van der Waals surface area contributed by atoms with Crippen molar-refractivity contribution < 1.29 is 9.59 Å². The Morgan fingerprint density at radius 1 is 1.08 bits per heavy atom. The predicted octanol–water partition coefficient (Wildman–Crippen LogP) is 3.49. The van der Waals surface area contributed by atoms with E-state index in [2.05, 4.69) is 52.1 Å². The van der Waals surface area contributed by atoms with Gasteiger partial charge in [-0.15, -0.1) is 0 Å². The van der Waals surface area contributed by atoms with Gasteiger partial charge >= 0.3 is 6.03 Å². The third kappa shape index (κ3) is 8.12. The highest BCUT2D eigenvalue weighted by Crippen LogP contribution is 2.23. The molecule has 1 aliphatic rings. The average molecular weight is 583 g/mol. The fourth-order valence-corrected chi connectivity index (χ4v) is 4.31. The number of likely N-dealkylation sites (tertiary alicyclic amines) is 1. The summed E-state index contributed by atoms with van der Waals surface area (Å²) in [5.74, 6) is 0.844. The summed E-state index contributed by atoms with van der Waals surface area (Å²) < 4.78 is 0.720. The molecule has 3 heterocycles. The lowest BCUT2D eigenvalue weighted by molar-refractivity contribution is -0.122. The number of hydrogen-bond donors (Lipinski definition) is 5. The second kappa shape index (κ2) is 13.7. The lowest BCUT2D eigenvalue weighted by atomic mass is 10.1. The molecule has 1 aliphatic heterocycles. The first-order valence-corrected chi connectivity index (χ1v) is 13.4. The number of nitrogens with two attached hydrogens (primary N) is 1. The predicted molar refractivity (Wildman–Crippen MR) is 151 cm³/mol. The molecule has 0 spiro atoms. The number of carbonyl (C=O) groups is 2. The number of nitrogens with one attached hydrogen (secondary N) is 4. The molecule has 0 radical (unpaired) electrons. The highest BCUT2D eigenvalue weighted by Gasteiger charge is 2.18. The summed E-state index contributed by atoms with van der Waals surface area (Å²) in [6.07, 6.45) is 8.27. The Morgan fingerprint density at radius 3 is 2.68 bits per heavy atom. The highest BCUT2D eigenvalue weighted by atomic mass is 79.9. The van der Waals surface area contributed by atoms with Gasteiger partial charge in [0.05, 0.1) is 10.5 Å². The second-order valence-electron chi connectivity index (χ2n) is 8.96. The molecule has 1 aromatic carbocycles. The fourth-order valence-electron chi connectivity index (χ4n) is 3.98. The first kappa shape index (κ1) is 27.3. The minimum absolute atomic E-state index is 0.0855. The number of aromatic nitrogens is 3. The van der Waals surface area contributed by atoms with E-state index in [9.17, 15) is 9.59 Å². The summed E-state index contributed by atoms with van der Waals surface area (Å²) in [7, 11) is 0. The van der Waals surface area contributed by atoms with Crippen LogP contribution in [0, 0.1) is 0 Å². The standard InChI is InChI=1S/C26H32BrN9O2/c27-21-17-32-25(33-19-7-3-8-20(15-19)34-26(38)36-12-1-2-13-36)35-23(21)30-10-5-11-31-24(37)22(28)14-18-6-4-9-29-16-18/h3-4,6-9,15-17,22H,1-2,5,10-14,28H2,(H,31,37)(H,34,38)(H2,30,32,33,35)/t22-/m1/s1. The highest BCUT2D eigenvalue weighted by molar-refractivity contribution is 9.10. The summed E-state index contributed by atoms with van der Waals surface area (Å²) in [5.41, 5.74) is 8.38. The van der Waals surface area contributed by atoms with E-state index in [0.717, 1.165) is 41.7 Å². The normalized spacial score (nSPS) is 13.6. The summed E-state index contributed by atoms with van der Waals surface area (Å²) in [5, 5.41) is 12.3. The van der Waals surface area contributed by atoms with Crippen LogP contribution in [0.2, 0.25) is 0 Å². The van der Waals surface area contributed by atoms with Gasteiger partial charge in [-0.25, -0.2) is 9.78 Å². The van der Waals surface area contributed by atoms with E-state index in [1.54, 1.807) is 18.6 Å². The molecule has 4 rings (SSSR count). The van der Waals surface area contributed by atoms with Crippen molar-refractivity contribution in [1.82, 2.24) is 25.2 Å². The number of rotatable bonds is 11. The van der Waals surface area contributed by atoms with E-state index in [-0.39, 0.29) is 11.9 Å². The maximum atomic E-state index is 12.4. The van der Waals surface area contributed by atoms with Crippen LogP contribution in [-0.2, 0) is 11.2 Å². The summed E-state index contributed by atoms with van der Waals surface area (Å²) in [4.78, 5) is 39.4. The van der Waals surface area contributed by atoms with Gasteiger partial charge in [-0.05, 0) is 71.4 Å². The van der Waals surface area contributed by atoms with Crippen LogP contribution in [0.1, 0.15) is 24.8 Å². The number of nitrogens with zero attached hydrogens (tertiary/aromatic N) is 4. The minimum Gasteiger partial charge on any atom is -0.369 e. The van der Waals surface area contributed by atoms with Gasteiger partial charge in [0.2, 0.25) is 11.9 Å². The number of urea groups is 1. The van der Waals surface area contributed by atoms with Crippen molar-refractivity contribution in [2.75, 3.05) is 42.1 Å². The zero-order valence-corrected chi connectivity index (χ0v) is 22.6. The number of benzene rings is 1. The van der Waals surface area contributed by atoms with Gasteiger partial charge in [0.1, 0.15) is 5.82 Å². The molecule has 0 bridgehead atoms. The SMILES string of the molecule is N[C@H](Cc1cccnc1)C(=O)NCCCNc1nc(Nc2cccc(NC(=O)N3CCCC3)c2)ncc1Br. The van der Waals surface area contributed by atoms with E-state index in [4.69, 9.17) is 5.73 Å². The average Bonchev–Trinajstić information content (AvgIpc) is 3.46. The summed E-state index contributed by atoms with van der Waals surface area (Å²) >= 11 is 3.47. The molecule has 2 aromatic heterocycles. The molecule has 0 saturated carbocycles. The van der Waals surface area contributed by atoms with Gasteiger partial charge < -0.3 is 31.9 Å². The Morgan fingerprint density at radius 2 is 1.89 bits per heavy atom. The zero-order chi connectivity index (χ0) is 26.7. The van der Waals surface area contributed by atoms with E-state index in [0.29, 0.717) is 43.4 Å². The smallest absolute Gasteiger partial charge is 0.321 e. The van der Waals surface area contributed by atoms with Crippen molar-refractivity contribution in [3.8, 4) is 0 Å². The number of halogens is 1. The van der Waals surface area contributed by atoms with Crippen molar-refractivity contribution in [3.05, 3.63) is 65.0 Å². The molecule has 6 N–H and O–H groups in total. The van der Waals surface area contributed by atoms with Crippen molar-refractivity contribution in [2.24, 2.45) is 5.73 Å². The number of pyridine rings is 1. The first-order chi connectivity index (χ1) is 18.5. The molecule has 12 heteroatoms. The summed E-state index contributed by atoms with van der Waals surface area (Å²) in [6.45, 7) is 2.65. The van der Waals surface area contributed by atoms with Crippen molar-refractivity contribution in [2.45, 2.75) is 31.7 Å². The van der Waals surface area contributed by atoms with Crippen LogP contribution in [0.5, 0.6) is 0 Å². The van der Waals surface area contributed by atoms with Crippen LogP contribution in [0.25, 0.3) is 0 Å². The quantitative estimate of drug-likeness (QED) is 0.216. The molecule has 11 nitrogen and oxygen atoms in total. The van der Waals surface area contributed by atoms with Gasteiger partial charge in [-0.1, -0.05) is 12.1 Å². The lowest BCUT2D eigenvalue weighted by Crippen LogP contribution is -2.42. The van der Waals surface area contributed by atoms with E-state index < -0.39 is 6.04 Å². The Hall–Kier alpha value is -3.77. The number of carbonyl (C=O) groups excluding carboxylic acids is 2. The van der Waals surface area contributed by atoms with Crippen molar-refractivity contribution in [1.29, 1.82) is 0 Å². The maximum absolute atomic E-state index is 12.4. The second-order valence-corrected chi connectivity index (χ2v) is 9.82. The monoisotopic (exact) mass is 581 g/mol. The van der Waals surface area contributed by atoms with E-state index >= 15 is 0 Å². The van der Waals surface area contributed by atoms with Gasteiger partial charge in [-0.2, -0.15) is 4.98 Å². The zero-order valence-electron chi connectivity index (χ0n) is 21.0. The van der Waals surface area contributed by atoms with Crippen LogP contribution in [0.4, 0.5) is 27.9 Å². The number of hydrogen-bond acceptors (Lipinski definition) is 8. The largest absolute Gasteiger partial charge is 0.369 e. The van der Waals surface area contributed by atoms with Crippen LogP contribution >= 0.6 is 15.9 Å². The van der Waals surface area contributed by atoms with E-state index in [1.165, 1.54) is 0 Å². The Kier molecular flexibility index (Phi) is 9.82. The molecule has 38 heavy (non-hydrogen) atoms. The molecule has 3 aromatic rings. The maximum Gasteiger partial charge on any atom is 0.321 e. The van der Waals surface area contributed by atoms with Crippen LogP contribution in [0.15, 0.2) is 59.5 Å². The van der Waals surface area contributed by atoms with Crippen molar-refractivity contribution in [3.63, 3.8) is 0 Å². The molecule has 3 amide bonds. The van der Waals surface area contributed by atoms with Gasteiger partial charge in [0.15, 0.2) is 0 Å². The molecular weight excluding hydrogens is 550 g/mol. The van der Waals surface area contributed by atoms with Gasteiger partial charge in [-0.3, -0.25) is 9.78 Å². The number of amides is 3. The Labute approximate surface area is 230 Å². The number of anilines is 4. The minimum atomic E-state index is -0.621. The summed E-state index contributed by atoms with van der Waals surface area (Å²) in [6, 6.07) is 10.4. The first-order valence-electron chi connectivity index (χ1n) is 12.6. The molecule has 0 unspecified atom stereocenters. The molecule has 0 aliphatic carbocycles. The third-order valence-electron chi connectivity index (χ3n) is 5.97. The van der Waals surface area contributed by atoms with Gasteiger partial charge in [0.25, 0.3) is 0 Å². The molecule has 1 saturated heterocycles. The molecule has 200 valence electrons. The fraction of sp³-hybridized carbons (Fsp3) is 0.346.